The molecule has 0 aliphatic carbocycles. The van der Waals surface area contributed by atoms with Gasteiger partial charge in [0.25, 0.3) is 0 Å². The lowest BCUT2D eigenvalue weighted by Gasteiger charge is -2.25. The van der Waals surface area contributed by atoms with Gasteiger partial charge in [0, 0.05) is 12.6 Å². The van der Waals surface area contributed by atoms with Crippen LogP contribution in [0, 0.1) is 0 Å². The van der Waals surface area contributed by atoms with Gasteiger partial charge in [-0.2, -0.15) is 0 Å². The summed E-state index contributed by atoms with van der Waals surface area (Å²) < 4.78 is 22.8. The van der Waals surface area contributed by atoms with E-state index >= 15 is 0 Å². The largest absolute Gasteiger partial charge is 0.478 e. The molecule has 7 heteroatoms. The highest BCUT2D eigenvalue weighted by atomic mass is 32.2. The summed E-state index contributed by atoms with van der Waals surface area (Å²) in [6.07, 6.45) is 0.455. The predicted molar refractivity (Wildman–Crippen MR) is 80.9 cm³/mol. The molecule has 21 heavy (non-hydrogen) atoms. The minimum Gasteiger partial charge on any atom is -0.478 e. The fourth-order valence-electron chi connectivity index (χ4n) is 2.21. The first-order valence-electron chi connectivity index (χ1n) is 6.79. The first kappa shape index (κ1) is 17.6. The smallest absolute Gasteiger partial charge is 0.335 e. The highest BCUT2D eigenvalue weighted by Gasteiger charge is 2.16. The van der Waals surface area contributed by atoms with Gasteiger partial charge in [0.2, 0.25) is 10.0 Å². The zero-order valence-corrected chi connectivity index (χ0v) is 13.4. The van der Waals surface area contributed by atoms with E-state index < -0.39 is 16.0 Å². The van der Waals surface area contributed by atoms with Crippen molar-refractivity contribution in [1.82, 2.24) is 4.90 Å². The molecule has 0 bridgehead atoms. The van der Waals surface area contributed by atoms with Crippen LogP contribution in [0.15, 0.2) is 23.1 Å². The Kier molecular flexibility index (Phi) is 5.88. The lowest BCUT2D eigenvalue weighted by Crippen LogP contribution is -2.32. The Morgan fingerprint density at radius 2 is 2.00 bits per heavy atom. The number of aromatic carboxylic acids is 1. The second-order valence-corrected chi connectivity index (χ2v) is 6.70. The molecule has 1 rings (SSSR count). The molecule has 0 saturated heterocycles. The predicted octanol–water partition coefficient (Wildman–Crippen LogP) is 1.31. The van der Waals surface area contributed by atoms with Crippen molar-refractivity contribution in [3.8, 4) is 0 Å². The molecule has 1 aromatic carbocycles. The van der Waals surface area contributed by atoms with E-state index in [1.54, 1.807) is 0 Å². The lowest BCUT2D eigenvalue weighted by molar-refractivity contribution is 0.0695. The van der Waals surface area contributed by atoms with Crippen LogP contribution in [0.4, 0.5) is 0 Å². The number of hydrogen-bond donors (Lipinski definition) is 2. The van der Waals surface area contributed by atoms with Crippen LogP contribution < -0.4 is 5.14 Å². The summed E-state index contributed by atoms with van der Waals surface area (Å²) in [6.45, 7) is 7.64. The van der Waals surface area contributed by atoms with Crippen molar-refractivity contribution in [3.63, 3.8) is 0 Å². The molecule has 118 valence electrons. The fraction of sp³-hybridized carbons (Fsp3) is 0.500. The Labute approximate surface area is 125 Å². The summed E-state index contributed by atoms with van der Waals surface area (Å²) in [5.41, 5.74) is 0.593. The number of benzene rings is 1. The van der Waals surface area contributed by atoms with Gasteiger partial charge in [-0.3, -0.25) is 0 Å². The molecule has 0 spiro atoms. The van der Waals surface area contributed by atoms with Crippen LogP contribution in [0.25, 0.3) is 0 Å². The SMILES string of the molecule is CCN(CCc1cc(S(N)(=O)=O)ccc1C(=O)O)C(C)C. The topological polar surface area (TPSA) is 101 Å². The Balaban J connectivity index is 3.10. The summed E-state index contributed by atoms with van der Waals surface area (Å²) in [5, 5.41) is 14.3. The van der Waals surface area contributed by atoms with E-state index in [-0.39, 0.29) is 10.5 Å². The Bertz CT molecular complexity index is 611. The normalized spacial score (nSPS) is 12.1. The van der Waals surface area contributed by atoms with Gasteiger partial charge < -0.3 is 10.0 Å². The number of carboxylic acid groups (broad SMARTS) is 1. The monoisotopic (exact) mass is 314 g/mol. The number of carbonyl (C=O) groups is 1. The fourth-order valence-corrected chi connectivity index (χ4v) is 2.77. The maximum atomic E-state index is 11.4. The number of sulfonamides is 1. The highest BCUT2D eigenvalue weighted by Crippen LogP contribution is 2.17. The third-order valence-corrected chi connectivity index (χ3v) is 4.35. The van der Waals surface area contributed by atoms with E-state index in [0.717, 1.165) is 6.54 Å². The van der Waals surface area contributed by atoms with Crippen LogP contribution in [-0.4, -0.2) is 43.5 Å². The van der Waals surface area contributed by atoms with Crippen LogP contribution in [0.1, 0.15) is 36.7 Å². The minimum atomic E-state index is -3.83. The highest BCUT2D eigenvalue weighted by molar-refractivity contribution is 7.89. The van der Waals surface area contributed by atoms with E-state index in [1.807, 2.05) is 6.92 Å². The van der Waals surface area contributed by atoms with Gasteiger partial charge in [0.05, 0.1) is 10.5 Å². The molecule has 0 amide bonds. The molecule has 0 fully saturated rings. The van der Waals surface area contributed by atoms with E-state index in [0.29, 0.717) is 24.6 Å². The molecule has 0 atom stereocenters. The summed E-state index contributed by atoms with van der Waals surface area (Å²) in [6, 6.07) is 4.21. The maximum Gasteiger partial charge on any atom is 0.335 e. The summed E-state index contributed by atoms with van der Waals surface area (Å²) in [5.74, 6) is -1.07. The third kappa shape index (κ3) is 4.80. The van der Waals surface area contributed by atoms with E-state index in [2.05, 4.69) is 18.7 Å². The van der Waals surface area contributed by atoms with Gasteiger partial charge in [-0.25, -0.2) is 18.4 Å². The Morgan fingerprint density at radius 1 is 1.38 bits per heavy atom. The van der Waals surface area contributed by atoms with Crippen molar-refractivity contribution in [2.24, 2.45) is 5.14 Å². The molecule has 0 saturated carbocycles. The zero-order valence-electron chi connectivity index (χ0n) is 12.5. The molecular formula is C14H22N2O4S. The standard InChI is InChI=1S/C14H22N2O4S/c1-4-16(10(2)3)8-7-11-9-12(21(15,19)20)5-6-13(11)14(17)18/h5-6,9-10H,4,7-8H2,1-3H3,(H,17,18)(H2,15,19,20). The molecular weight excluding hydrogens is 292 g/mol. The number of primary sulfonamides is 1. The van der Waals surface area contributed by atoms with Crippen molar-refractivity contribution in [1.29, 1.82) is 0 Å². The maximum absolute atomic E-state index is 11.4. The van der Waals surface area contributed by atoms with Crippen molar-refractivity contribution >= 4 is 16.0 Å². The quantitative estimate of drug-likeness (QED) is 0.790. The number of carboxylic acids is 1. The molecule has 0 heterocycles. The van der Waals surface area contributed by atoms with Crippen LogP contribution >= 0.6 is 0 Å². The molecule has 1 aromatic rings. The number of nitrogens with two attached hydrogens (primary N) is 1. The van der Waals surface area contributed by atoms with Gasteiger partial charge in [0.1, 0.15) is 0 Å². The summed E-state index contributed by atoms with van der Waals surface area (Å²) in [4.78, 5) is 13.4. The second kappa shape index (κ2) is 7.02. The first-order valence-corrected chi connectivity index (χ1v) is 8.34. The average molecular weight is 314 g/mol. The Hall–Kier alpha value is -1.44. The number of likely N-dealkylation sites (N-methyl/N-ethyl adjacent to an activating group) is 1. The van der Waals surface area contributed by atoms with Crippen LogP contribution in [-0.2, 0) is 16.4 Å². The number of hydrogen-bond acceptors (Lipinski definition) is 4. The molecule has 0 unspecified atom stereocenters. The summed E-state index contributed by atoms with van der Waals surface area (Å²) in [7, 11) is -3.83. The van der Waals surface area contributed by atoms with Gasteiger partial charge in [-0.15, -0.1) is 0 Å². The molecule has 3 N–H and O–H groups in total. The molecule has 0 radical (unpaired) electrons. The first-order chi connectivity index (χ1) is 9.66. The van der Waals surface area contributed by atoms with Crippen LogP contribution in [0.5, 0.6) is 0 Å². The Morgan fingerprint density at radius 3 is 2.43 bits per heavy atom. The van der Waals surface area contributed by atoms with Crippen molar-refractivity contribution in [2.75, 3.05) is 13.1 Å². The van der Waals surface area contributed by atoms with Gasteiger partial charge >= 0.3 is 5.97 Å². The number of nitrogens with zero attached hydrogens (tertiary/aromatic N) is 1. The third-order valence-electron chi connectivity index (χ3n) is 3.44. The van der Waals surface area contributed by atoms with Crippen LogP contribution in [0.3, 0.4) is 0 Å². The van der Waals surface area contributed by atoms with Crippen molar-refractivity contribution in [2.45, 2.75) is 38.1 Å². The van der Waals surface area contributed by atoms with Gasteiger partial charge in [-0.1, -0.05) is 6.92 Å². The molecule has 0 aliphatic rings. The molecule has 0 aromatic heterocycles. The zero-order chi connectivity index (χ0) is 16.2. The van der Waals surface area contributed by atoms with E-state index in [1.165, 1.54) is 18.2 Å². The van der Waals surface area contributed by atoms with Crippen molar-refractivity contribution < 1.29 is 18.3 Å². The van der Waals surface area contributed by atoms with Crippen LogP contribution in [0.2, 0.25) is 0 Å². The minimum absolute atomic E-state index is 0.0601. The molecule has 0 aliphatic heterocycles. The van der Waals surface area contributed by atoms with Gasteiger partial charge in [0.15, 0.2) is 0 Å². The second-order valence-electron chi connectivity index (χ2n) is 5.14. The van der Waals surface area contributed by atoms with Crippen molar-refractivity contribution in [3.05, 3.63) is 29.3 Å². The molecule has 6 nitrogen and oxygen atoms in total. The number of rotatable bonds is 7. The van der Waals surface area contributed by atoms with E-state index in [9.17, 15) is 18.3 Å². The lowest BCUT2D eigenvalue weighted by atomic mass is 10.0. The average Bonchev–Trinajstić information content (AvgIpc) is 2.37. The summed E-state index contributed by atoms with van der Waals surface area (Å²) >= 11 is 0. The van der Waals surface area contributed by atoms with Gasteiger partial charge in [-0.05, 0) is 50.6 Å². The van der Waals surface area contributed by atoms with E-state index in [4.69, 9.17) is 5.14 Å².